The third kappa shape index (κ3) is 5.07. The second kappa shape index (κ2) is 7.94. The summed E-state index contributed by atoms with van der Waals surface area (Å²) in [6, 6.07) is 3.88. The smallest absolute Gasteiger partial charge is 0.387 e. The van der Waals surface area contributed by atoms with Gasteiger partial charge in [0.2, 0.25) is 0 Å². The lowest BCUT2D eigenvalue weighted by Crippen LogP contribution is -2.37. The summed E-state index contributed by atoms with van der Waals surface area (Å²) in [5.74, 6) is -1.29. The van der Waals surface area contributed by atoms with Crippen LogP contribution in [0.2, 0.25) is 0 Å². The van der Waals surface area contributed by atoms with E-state index in [1.807, 2.05) is 0 Å². The summed E-state index contributed by atoms with van der Waals surface area (Å²) in [5, 5.41) is 2.73. The van der Waals surface area contributed by atoms with Crippen LogP contribution in [-0.2, 0) is 9.53 Å². The molecule has 1 aromatic rings. The Balaban J connectivity index is 2.04. The predicted octanol–water partition coefficient (Wildman–Crippen LogP) is 2.51. The van der Waals surface area contributed by atoms with Gasteiger partial charge in [-0.25, -0.2) is 4.79 Å². The third-order valence-corrected chi connectivity index (χ3v) is 3.27. The Kier molecular flexibility index (Phi) is 5.94. The van der Waals surface area contributed by atoms with Crippen molar-refractivity contribution in [3.8, 4) is 11.5 Å². The van der Waals surface area contributed by atoms with E-state index < -0.39 is 18.7 Å². The SMILES string of the molecule is CCOc1cc(C(=O)O[C@@H](C)C(=O)NC2CC2)ccc1OC(F)F. The van der Waals surface area contributed by atoms with Crippen molar-refractivity contribution in [2.45, 2.75) is 45.4 Å². The number of esters is 1. The summed E-state index contributed by atoms with van der Waals surface area (Å²) in [4.78, 5) is 23.9. The van der Waals surface area contributed by atoms with Gasteiger partial charge in [0.15, 0.2) is 17.6 Å². The van der Waals surface area contributed by atoms with Gasteiger partial charge in [0, 0.05) is 6.04 Å². The molecular formula is C16H19F2NO5. The molecular weight excluding hydrogens is 324 g/mol. The van der Waals surface area contributed by atoms with Crippen LogP contribution in [0.4, 0.5) is 8.78 Å². The maximum atomic E-state index is 12.4. The van der Waals surface area contributed by atoms with E-state index in [1.54, 1.807) is 6.92 Å². The van der Waals surface area contributed by atoms with E-state index in [9.17, 15) is 18.4 Å². The van der Waals surface area contributed by atoms with E-state index in [1.165, 1.54) is 25.1 Å². The van der Waals surface area contributed by atoms with E-state index in [0.29, 0.717) is 0 Å². The van der Waals surface area contributed by atoms with Gasteiger partial charge in [0.1, 0.15) is 0 Å². The average Bonchev–Trinajstić information content (AvgIpc) is 3.32. The lowest BCUT2D eigenvalue weighted by Gasteiger charge is -2.15. The fourth-order valence-corrected chi connectivity index (χ4v) is 1.93. The summed E-state index contributed by atoms with van der Waals surface area (Å²) < 4.78 is 39.3. The predicted molar refractivity (Wildman–Crippen MR) is 80.3 cm³/mol. The molecule has 132 valence electrons. The fraction of sp³-hybridized carbons (Fsp3) is 0.500. The number of halogens is 2. The normalized spacial score (nSPS) is 14.9. The highest BCUT2D eigenvalue weighted by molar-refractivity contribution is 5.93. The van der Waals surface area contributed by atoms with Gasteiger partial charge in [-0.2, -0.15) is 8.78 Å². The standard InChI is InChI=1S/C16H19F2NO5/c1-3-22-13-8-10(4-7-12(13)24-16(17)18)15(21)23-9(2)14(20)19-11-5-6-11/h4,7-9,11,16H,3,5-6H2,1-2H3,(H,19,20)/t9-/m0/s1. The molecule has 0 aromatic heterocycles. The number of hydrogen-bond donors (Lipinski definition) is 1. The molecule has 0 radical (unpaired) electrons. The minimum atomic E-state index is -3.01. The number of benzene rings is 1. The number of nitrogens with one attached hydrogen (secondary N) is 1. The molecule has 2 rings (SSSR count). The molecule has 1 fully saturated rings. The van der Waals surface area contributed by atoms with Gasteiger partial charge in [0.25, 0.3) is 5.91 Å². The lowest BCUT2D eigenvalue weighted by atomic mass is 10.2. The molecule has 1 atom stereocenters. The van der Waals surface area contributed by atoms with Crippen LogP contribution in [0.3, 0.4) is 0 Å². The number of amides is 1. The molecule has 1 N–H and O–H groups in total. The molecule has 1 aliphatic carbocycles. The third-order valence-electron chi connectivity index (χ3n) is 3.27. The van der Waals surface area contributed by atoms with Crippen molar-refractivity contribution in [3.63, 3.8) is 0 Å². The zero-order chi connectivity index (χ0) is 17.7. The number of alkyl halides is 2. The monoisotopic (exact) mass is 343 g/mol. The molecule has 8 heteroatoms. The molecule has 6 nitrogen and oxygen atoms in total. The molecule has 0 aliphatic heterocycles. The zero-order valence-electron chi connectivity index (χ0n) is 13.4. The largest absolute Gasteiger partial charge is 0.490 e. The van der Waals surface area contributed by atoms with Crippen LogP contribution >= 0.6 is 0 Å². The van der Waals surface area contributed by atoms with E-state index >= 15 is 0 Å². The van der Waals surface area contributed by atoms with E-state index in [4.69, 9.17) is 9.47 Å². The van der Waals surface area contributed by atoms with Crippen LogP contribution in [-0.4, -0.2) is 37.2 Å². The first-order chi connectivity index (χ1) is 11.4. The fourth-order valence-electron chi connectivity index (χ4n) is 1.93. The first-order valence-electron chi connectivity index (χ1n) is 7.63. The Bertz CT molecular complexity index is 604. The first-order valence-corrected chi connectivity index (χ1v) is 7.63. The Morgan fingerprint density at radius 1 is 1.29 bits per heavy atom. The maximum Gasteiger partial charge on any atom is 0.387 e. The minimum Gasteiger partial charge on any atom is -0.490 e. The number of rotatable bonds is 8. The van der Waals surface area contributed by atoms with Gasteiger partial charge in [-0.15, -0.1) is 0 Å². The van der Waals surface area contributed by atoms with Gasteiger partial charge in [-0.1, -0.05) is 0 Å². The second-order valence-electron chi connectivity index (χ2n) is 5.30. The number of hydrogen-bond acceptors (Lipinski definition) is 5. The van der Waals surface area contributed by atoms with Crippen molar-refractivity contribution in [1.82, 2.24) is 5.32 Å². The van der Waals surface area contributed by atoms with Crippen LogP contribution in [0.25, 0.3) is 0 Å². The van der Waals surface area contributed by atoms with Gasteiger partial charge in [0.05, 0.1) is 12.2 Å². The number of ether oxygens (including phenoxy) is 3. The molecule has 24 heavy (non-hydrogen) atoms. The molecule has 0 saturated heterocycles. The highest BCUT2D eigenvalue weighted by Crippen LogP contribution is 2.30. The topological polar surface area (TPSA) is 73.9 Å². The summed E-state index contributed by atoms with van der Waals surface area (Å²) >= 11 is 0. The minimum absolute atomic E-state index is 0.00216. The molecule has 0 unspecified atom stereocenters. The highest BCUT2D eigenvalue weighted by atomic mass is 19.3. The van der Waals surface area contributed by atoms with Crippen LogP contribution in [0.15, 0.2) is 18.2 Å². The Morgan fingerprint density at radius 2 is 2.00 bits per heavy atom. The van der Waals surface area contributed by atoms with Crippen molar-refractivity contribution in [2.75, 3.05) is 6.61 Å². The van der Waals surface area contributed by atoms with Gasteiger partial charge in [-0.3, -0.25) is 4.79 Å². The van der Waals surface area contributed by atoms with Crippen molar-refractivity contribution in [3.05, 3.63) is 23.8 Å². The van der Waals surface area contributed by atoms with Gasteiger partial charge in [-0.05, 0) is 44.9 Å². The molecule has 1 aromatic carbocycles. The van der Waals surface area contributed by atoms with Crippen molar-refractivity contribution in [2.24, 2.45) is 0 Å². The van der Waals surface area contributed by atoms with Crippen LogP contribution in [0.1, 0.15) is 37.0 Å². The summed E-state index contributed by atoms with van der Waals surface area (Å²) in [7, 11) is 0. The maximum absolute atomic E-state index is 12.4. The second-order valence-corrected chi connectivity index (χ2v) is 5.30. The van der Waals surface area contributed by atoms with E-state index in [-0.39, 0.29) is 35.6 Å². The van der Waals surface area contributed by atoms with Crippen LogP contribution in [0, 0.1) is 0 Å². The molecule has 1 amide bonds. The Hall–Kier alpha value is -2.38. The first kappa shape index (κ1) is 18.0. The lowest BCUT2D eigenvalue weighted by molar-refractivity contribution is -0.129. The molecule has 1 saturated carbocycles. The number of carbonyl (C=O) groups is 2. The van der Waals surface area contributed by atoms with Crippen molar-refractivity contribution < 1.29 is 32.6 Å². The van der Waals surface area contributed by atoms with E-state index in [0.717, 1.165) is 12.8 Å². The quantitative estimate of drug-likeness (QED) is 0.734. The summed E-state index contributed by atoms with van der Waals surface area (Å²) in [5.41, 5.74) is 0.0751. The van der Waals surface area contributed by atoms with Crippen LogP contribution in [0.5, 0.6) is 11.5 Å². The van der Waals surface area contributed by atoms with Crippen molar-refractivity contribution >= 4 is 11.9 Å². The summed E-state index contributed by atoms with van der Waals surface area (Å²) in [6.07, 6.45) is 0.900. The van der Waals surface area contributed by atoms with Crippen molar-refractivity contribution in [1.29, 1.82) is 0 Å². The van der Waals surface area contributed by atoms with Crippen LogP contribution < -0.4 is 14.8 Å². The molecule has 0 spiro atoms. The van der Waals surface area contributed by atoms with E-state index in [2.05, 4.69) is 10.1 Å². The summed E-state index contributed by atoms with van der Waals surface area (Å²) in [6.45, 7) is 0.334. The average molecular weight is 343 g/mol. The Labute approximate surface area is 138 Å². The van der Waals surface area contributed by atoms with Gasteiger partial charge >= 0.3 is 12.6 Å². The van der Waals surface area contributed by atoms with Gasteiger partial charge < -0.3 is 19.5 Å². The highest BCUT2D eigenvalue weighted by Gasteiger charge is 2.27. The zero-order valence-corrected chi connectivity index (χ0v) is 13.4. The molecule has 0 bridgehead atoms. The molecule has 0 heterocycles. The molecule has 1 aliphatic rings. The number of carbonyl (C=O) groups excluding carboxylic acids is 2. The Morgan fingerprint density at radius 3 is 2.58 bits per heavy atom.